The van der Waals surface area contributed by atoms with Crippen LogP contribution in [0.1, 0.15) is 36.0 Å². The molecule has 0 radical (unpaired) electrons. The Morgan fingerprint density at radius 3 is 2.41 bits per heavy atom. The van der Waals surface area contributed by atoms with E-state index in [4.69, 9.17) is 42.6 Å². The Morgan fingerprint density at radius 1 is 0.951 bits per heavy atom. The van der Waals surface area contributed by atoms with Gasteiger partial charge in [-0.05, 0) is 54.3 Å². The standard InChI is InChI=1S/C21H20O7.C8H12O5/c1-24-16-5-11(6-17(25-2)20(16)22)18-13-7-15-14(27-9-28-15)4-10(13)3-12-8-26-21(23)19(12)18;1-4-10-3-6-8(12-4)5(13-8)2-7(9)11-6/h4-7,12,18-19,22H,3,8-9H2,1-2H3;4-7,9H,2-3H2,1H3/t;4-,5?,6?,7?,8?/m.1/s1. The molecule has 1 aliphatic carbocycles. The molecule has 4 fully saturated rings. The van der Waals surface area contributed by atoms with Crippen LogP contribution >= 0.6 is 0 Å². The topological polar surface area (TPSA) is 144 Å². The molecule has 8 atom stereocenters. The summed E-state index contributed by atoms with van der Waals surface area (Å²) < 4.78 is 48.6. The molecule has 12 heteroatoms. The van der Waals surface area contributed by atoms with E-state index in [1.54, 1.807) is 12.1 Å². The summed E-state index contributed by atoms with van der Waals surface area (Å²) in [6, 6.07) is 7.46. The lowest BCUT2D eigenvalue weighted by Gasteiger charge is -2.36. The Morgan fingerprint density at radius 2 is 1.68 bits per heavy atom. The van der Waals surface area contributed by atoms with Crippen molar-refractivity contribution in [3.63, 3.8) is 0 Å². The van der Waals surface area contributed by atoms with Crippen molar-refractivity contribution in [2.75, 3.05) is 34.2 Å². The molecule has 41 heavy (non-hydrogen) atoms. The molecule has 0 saturated carbocycles. The van der Waals surface area contributed by atoms with Gasteiger partial charge in [0.15, 0.2) is 35.6 Å². The minimum Gasteiger partial charge on any atom is -0.502 e. The van der Waals surface area contributed by atoms with E-state index < -0.39 is 12.1 Å². The number of fused-ring (bicyclic) bond motifs is 3. The summed E-state index contributed by atoms with van der Waals surface area (Å²) in [5, 5.41) is 19.6. The molecule has 220 valence electrons. The van der Waals surface area contributed by atoms with Gasteiger partial charge in [-0.3, -0.25) is 4.79 Å². The number of methoxy groups -OCH3 is 2. The minimum atomic E-state index is -0.744. The highest BCUT2D eigenvalue weighted by Gasteiger charge is 2.69. The Balaban J connectivity index is 0.000000176. The first kappa shape index (κ1) is 26.6. The van der Waals surface area contributed by atoms with Gasteiger partial charge in [0.05, 0.1) is 33.4 Å². The number of cyclic esters (lactones) is 1. The molecule has 0 amide bonds. The third kappa shape index (κ3) is 4.36. The van der Waals surface area contributed by atoms with Gasteiger partial charge >= 0.3 is 5.97 Å². The van der Waals surface area contributed by atoms with E-state index in [0.717, 1.165) is 28.9 Å². The van der Waals surface area contributed by atoms with Crippen LogP contribution in [0.2, 0.25) is 0 Å². The van der Waals surface area contributed by atoms with Crippen molar-refractivity contribution in [1.82, 2.24) is 0 Å². The van der Waals surface area contributed by atoms with Gasteiger partial charge in [-0.1, -0.05) is 0 Å². The quantitative estimate of drug-likeness (QED) is 0.411. The van der Waals surface area contributed by atoms with Crippen LogP contribution in [0.3, 0.4) is 0 Å². The highest BCUT2D eigenvalue weighted by Crippen LogP contribution is 2.53. The molecule has 1 spiro atoms. The van der Waals surface area contributed by atoms with Crippen LogP contribution < -0.4 is 18.9 Å². The lowest BCUT2D eigenvalue weighted by Crippen LogP contribution is -2.52. The Hall–Kier alpha value is -3.29. The molecule has 2 aromatic carbocycles. The van der Waals surface area contributed by atoms with E-state index in [9.17, 15) is 15.0 Å². The van der Waals surface area contributed by atoms with Gasteiger partial charge in [0.25, 0.3) is 0 Å². The normalized spacial score (nSPS) is 35.5. The number of phenolic OH excluding ortho intramolecular Hbond substituents is 1. The smallest absolute Gasteiger partial charge is 0.310 e. The number of epoxide rings is 1. The second-order valence-corrected chi connectivity index (χ2v) is 10.9. The summed E-state index contributed by atoms with van der Waals surface area (Å²) in [5.74, 6) is 0.607. The van der Waals surface area contributed by atoms with Gasteiger partial charge in [-0.25, -0.2) is 0 Å². The summed E-state index contributed by atoms with van der Waals surface area (Å²) >= 11 is 0. The zero-order valence-corrected chi connectivity index (χ0v) is 22.9. The lowest BCUT2D eigenvalue weighted by molar-refractivity contribution is -0.323. The molecular weight excluding hydrogens is 540 g/mol. The monoisotopic (exact) mass is 572 g/mol. The van der Waals surface area contributed by atoms with E-state index in [1.807, 2.05) is 19.1 Å². The molecule has 8 rings (SSSR count). The maximum absolute atomic E-state index is 12.6. The second-order valence-electron chi connectivity index (χ2n) is 10.9. The summed E-state index contributed by atoms with van der Waals surface area (Å²) in [6.45, 7) is 2.85. The Bertz CT molecular complexity index is 1340. The maximum Gasteiger partial charge on any atom is 0.310 e. The fourth-order valence-corrected chi connectivity index (χ4v) is 6.66. The van der Waals surface area contributed by atoms with Crippen LogP contribution in [0.5, 0.6) is 28.7 Å². The number of aliphatic hydroxyl groups excluding tert-OH is 1. The number of benzene rings is 2. The van der Waals surface area contributed by atoms with Crippen molar-refractivity contribution >= 4 is 5.97 Å². The van der Waals surface area contributed by atoms with Crippen molar-refractivity contribution in [3.05, 3.63) is 41.0 Å². The van der Waals surface area contributed by atoms with Crippen LogP contribution in [0, 0.1) is 11.8 Å². The lowest BCUT2D eigenvalue weighted by atomic mass is 9.67. The number of rotatable bonds is 3. The molecule has 4 saturated heterocycles. The van der Waals surface area contributed by atoms with Crippen LogP contribution in [0.25, 0.3) is 0 Å². The van der Waals surface area contributed by atoms with Crippen LogP contribution in [-0.2, 0) is 34.9 Å². The van der Waals surface area contributed by atoms with E-state index in [2.05, 4.69) is 0 Å². The number of carbonyl (C=O) groups excluding carboxylic acids is 1. The summed E-state index contributed by atoms with van der Waals surface area (Å²) in [6.07, 6.45) is -0.0644. The van der Waals surface area contributed by atoms with Gasteiger partial charge in [-0.15, -0.1) is 0 Å². The van der Waals surface area contributed by atoms with E-state index in [-0.39, 0.29) is 54.8 Å². The highest BCUT2D eigenvalue weighted by atomic mass is 16.9. The number of hydrogen-bond donors (Lipinski definition) is 2. The number of aliphatic hydroxyl groups is 1. The SMILES string of the molecule is COc1cc(C2c3cc4c(cc3CC3COC(=O)C32)OCO4)cc(OC)c1O.C[C@@H]1OCC2OC(O)CC3OC23O1. The molecule has 7 unspecified atom stereocenters. The van der Waals surface area contributed by atoms with E-state index in [0.29, 0.717) is 36.9 Å². The molecule has 6 aliphatic rings. The number of carbonyl (C=O) groups is 1. The second kappa shape index (κ2) is 9.92. The summed E-state index contributed by atoms with van der Waals surface area (Å²) in [7, 11) is 2.97. The molecule has 2 aromatic rings. The molecular formula is C29H32O12. The number of ether oxygens (including phenoxy) is 9. The Labute approximate surface area is 235 Å². The molecule has 0 bridgehead atoms. The Kier molecular flexibility index (Phi) is 6.43. The first-order chi connectivity index (χ1) is 19.8. The fraction of sp³-hybridized carbons (Fsp3) is 0.552. The van der Waals surface area contributed by atoms with Gasteiger partial charge in [0.1, 0.15) is 12.2 Å². The van der Waals surface area contributed by atoms with Crippen LogP contribution in [-0.4, -0.2) is 81.0 Å². The fourth-order valence-electron chi connectivity index (χ4n) is 6.66. The summed E-state index contributed by atoms with van der Waals surface area (Å²) in [4.78, 5) is 12.6. The largest absolute Gasteiger partial charge is 0.502 e. The average molecular weight is 573 g/mol. The van der Waals surface area contributed by atoms with Gasteiger partial charge in [-0.2, -0.15) is 0 Å². The van der Waals surface area contributed by atoms with Crippen molar-refractivity contribution in [2.45, 2.75) is 56.3 Å². The van der Waals surface area contributed by atoms with Crippen molar-refractivity contribution in [1.29, 1.82) is 0 Å². The first-order valence-electron chi connectivity index (χ1n) is 13.7. The predicted octanol–water partition coefficient (Wildman–Crippen LogP) is 2.20. The number of esters is 1. The van der Waals surface area contributed by atoms with Crippen LogP contribution in [0.15, 0.2) is 24.3 Å². The van der Waals surface area contributed by atoms with Gasteiger partial charge in [0.2, 0.25) is 18.3 Å². The van der Waals surface area contributed by atoms with E-state index >= 15 is 0 Å². The minimum absolute atomic E-state index is 0.0207. The molecule has 5 heterocycles. The molecule has 5 aliphatic heterocycles. The number of aromatic hydroxyl groups is 1. The van der Waals surface area contributed by atoms with E-state index in [1.165, 1.54) is 14.2 Å². The average Bonchev–Trinajstić information content (AvgIpc) is 3.25. The van der Waals surface area contributed by atoms with Crippen LogP contribution in [0.4, 0.5) is 0 Å². The first-order valence-corrected chi connectivity index (χ1v) is 13.7. The highest BCUT2D eigenvalue weighted by molar-refractivity contribution is 5.78. The van der Waals surface area contributed by atoms with Crippen molar-refractivity contribution in [3.8, 4) is 28.7 Å². The third-order valence-corrected chi connectivity index (χ3v) is 8.63. The van der Waals surface area contributed by atoms with Gasteiger partial charge < -0.3 is 52.8 Å². The third-order valence-electron chi connectivity index (χ3n) is 8.63. The molecule has 0 aromatic heterocycles. The zero-order chi connectivity index (χ0) is 28.5. The van der Waals surface area contributed by atoms with Crippen molar-refractivity contribution in [2.24, 2.45) is 11.8 Å². The van der Waals surface area contributed by atoms with Crippen molar-refractivity contribution < 1.29 is 57.6 Å². The number of hydrogen-bond acceptors (Lipinski definition) is 12. The predicted molar refractivity (Wildman–Crippen MR) is 137 cm³/mol. The van der Waals surface area contributed by atoms with Gasteiger partial charge in [0, 0.05) is 18.3 Å². The summed E-state index contributed by atoms with van der Waals surface area (Å²) in [5.41, 5.74) is 2.93. The maximum atomic E-state index is 12.6. The molecule has 12 nitrogen and oxygen atoms in total. The molecule has 2 N–H and O–H groups in total. The number of phenols is 1. The zero-order valence-electron chi connectivity index (χ0n) is 22.9.